The minimum Gasteiger partial charge on any atom is -0.340 e. The highest BCUT2D eigenvalue weighted by atomic mass is 32.2. The van der Waals surface area contributed by atoms with E-state index in [1.165, 1.54) is 12.1 Å². The Kier molecular flexibility index (Phi) is 6.30. The molecule has 0 aliphatic heterocycles. The zero-order chi connectivity index (χ0) is 18.4. The molecule has 2 aromatic rings. The molecule has 3 N–H and O–H groups in total. The second kappa shape index (κ2) is 8.24. The van der Waals surface area contributed by atoms with Crippen LogP contribution in [0.3, 0.4) is 0 Å². The normalized spacial score (nSPS) is 12.6. The Labute approximate surface area is 148 Å². The Morgan fingerprint density at radius 3 is 2.24 bits per heavy atom. The fraction of sp³-hybridized carbons (Fsp3) is 0.278. The molecule has 0 aliphatic carbocycles. The Bertz CT molecular complexity index is 805. The minimum atomic E-state index is -3.69. The summed E-state index contributed by atoms with van der Waals surface area (Å²) in [5.41, 5.74) is 1.95. The number of carbonyl (C=O) groups excluding carboxylic acids is 1. The molecule has 7 heteroatoms. The van der Waals surface area contributed by atoms with Crippen LogP contribution >= 0.6 is 0 Å². The second-order valence-electron chi connectivity index (χ2n) is 5.97. The van der Waals surface area contributed by atoms with Gasteiger partial charge < -0.3 is 10.2 Å². The summed E-state index contributed by atoms with van der Waals surface area (Å²) in [6.07, 6.45) is 0. The summed E-state index contributed by atoms with van der Waals surface area (Å²) in [6.45, 7) is 2.81. The Hall–Kier alpha value is -2.22. The van der Waals surface area contributed by atoms with Crippen molar-refractivity contribution in [3.8, 4) is 0 Å². The lowest BCUT2D eigenvalue weighted by molar-refractivity contribution is -0.132. The van der Waals surface area contributed by atoms with Gasteiger partial charge in [0.05, 0.1) is 10.9 Å². The Morgan fingerprint density at radius 1 is 1.08 bits per heavy atom. The predicted octanol–water partition coefficient (Wildman–Crippen LogP) is 1.47. The molecular formula is C18H23N3O3S. The number of carbonyl (C=O) groups is 1. The highest BCUT2D eigenvalue weighted by molar-refractivity contribution is 7.89. The fourth-order valence-corrected chi connectivity index (χ4v) is 2.94. The smallest absolute Gasteiger partial charge is 0.239 e. The van der Waals surface area contributed by atoms with Crippen molar-refractivity contribution < 1.29 is 13.2 Å². The highest BCUT2D eigenvalue weighted by Crippen LogP contribution is 2.09. The van der Waals surface area contributed by atoms with Gasteiger partial charge in [0.1, 0.15) is 0 Å². The van der Waals surface area contributed by atoms with Crippen LogP contribution in [0.5, 0.6) is 0 Å². The van der Waals surface area contributed by atoms with Crippen LogP contribution in [0.25, 0.3) is 0 Å². The molecule has 134 valence electrons. The molecule has 25 heavy (non-hydrogen) atoms. The predicted molar refractivity (Wildman–Crippen MR) is 97.0 cm³/mol. The third kappa shape index (κ3) is 5.67. The second-order valence-corrected chi connectivity index (χ2v) is 7.53. The van der Waals surface area contributed by atoms with Gasteiger partial charge in [-0.2, -0.15) is 0 Å². The van der Waals surface area contributed by atoms with Crippen LogP contribution in [0, 0.1) is 0 Å². The minimum absolute atomic E-state index is 0.00925. The molecule has 1 amide bonds. The number of amides is 1. The van der Waals surface area contributed by atoms with Crippen LogP contribution in [-0.2, 0) is 27.9 Å². The van der Waals surface area contributed by atoms with E-state index in [-0.39, 0.29) is 16.8 Å². The van der Waals surface area contributed by atoms with E-state index in [1.807, 2.05) is 37.3 Å². The molecule has 0 saturated carbocycles. The lowest BCUT2D eigenvalue weighted by Crippen LogP contribution is -2.42. The number of primary sulfonamides is 1. The maximum atomic E-state index is 12.4. The molecule has 6 nitrogen and oxygen atoms in total. The van der Waals surface area contributed by atoms with Gasteiger partial charge in [-0.15, -0.1) is 0 Å². The standard InChI is InChI=1S/C18H23N3O3S/c1-14(18(22)21(2)13-16-6-4-3-5-7-16)20-12-15-8-10-17(11-9-15)25(19,23)24/h3-11,14,20H,12-13H2,1-2H3,(H2,19,23,24). The fourth-order valence-electron chi connectivity index (χ4n) is 2.42. The number of benzene rings is 2. The van der Waals surface area contributed by atoms with Crippen molar-refractivity contribution in [2.75, 3.05) is 7.05 Å². The maximum Gasteiger partial charge on any atom is 0.239 e. The van der Waals surface area contributed by atoms with E-state index in [1.54, 1.807) is 24.1 Å². The van der Waals surface area contributed by atoms with E-state index in [2.05, 4.69) is 5.32 Å². The van der Waals surface area contributed by atoms with Crippen molar-refractivity contribution in [1.29, 1.82) is 0 Å². The summed E-state index contributed by atoms with van der Waals surface area (Å²) in [6, 6.07) is 15.7. The summed E-state index contributed by atoms with van der Waals surface area (Å²) in [5, 5.41) is 8.22. The summed E-state index contributed by atoms with van der Waals surface area (Å²) < 4.78 is 22.5. The number of nitrogens with two attached hydrogens (primary N) is 1. The van der Waals surface area contributed by atoms with Crippen molar-refractivity contribution in [2.24, 2.45) is 5.14 Å². The molecule has 2 rings (SSSR count). The highest BCUT2D eigenvalue weighted by Gasteiger charge is 2.17. The molecule has 2 aromatic carbocycles. The average Bonchev–Trinajstić information content (AvgIpc) is 2.59. The lowest BCUT2D eigenvalue weighted by Gasteiger charge is -2.22. The van der Waals surface area contributed by atoms with Crippen LogP contribution in [0.4, 0.5) is 0 Å². The van der Waals surface area contributed by atoms with Gasteiger partial charge >= 0.3 is 0 Å². The van der Waals surface area contributed by atoms with Crippen LogP contribution in [-0.4, -0.2) is 32.3 Å². The third-order valence-corrected chi connectivity index (χ3v) is 4.80. The zero-order valence-electron chi connectivity index (χ0n) is 14.3. The van der Waals surface area contributed by atoms with Gasteiger partial charge in [0.25, 0.3) is 0 Å². The zero-order valence-corrected chi connectivity index (χ0v) is 15.2. The lowest BCUT2D eigenvalue weighted by atomic mass is 10.2. The molecule has 1 unspecified atom stereocenters. The van der Waals surface area contributed by atoms with E-state index in [9.17, 15) is 13.2 Å². The first-order chi connectivity index (χ1) is 11.8. The number of rotatable bonds is 7. The SMILES string of the molecule is CC(NCc1ccc(S(N)(=O)=O)cc1)C(=O)N(C)Cc1ccccc1. The van der Waals surface area contributed by atoms with Gasteiger partial charge in [-0.25, -0.2) is 13.6 Å². The number of nitrogens with zero attached hydrogens (tertiary/aromatic N) is 1. The van der Waals surface area contributed by atoms with Gasteiger partial charge in [-0.3, -0.25) is 4.79 Å². The van der Waals surface area contributed by atoms with E-state index in [4.69, 9.17) is 5.14 Å². The van der Waals surface area contributed by atoms with Gasteiger partial charge in [0.15, 0.2) is 0 Å². The van der Waals surface area contributed by atoms with Crippen molar-refractivity contribution in [3.05, 3.63) is 65.7 Å². The molecule has 0 aromatic heterocycles. The number of hydrogen-bond donors (Lipinski definition) is 2. The van der Waals surface area contributed by atoms with Crippen molar-refractivity contribution in [1.82, 2.24) is 10.2 Å². The summed E-state index contributed by atoms with van der Waals surface area (Å²) in [5.74, 6) is -0.00925. The van der Waals surface area contributed by atoms with Crippen LogP contribution in [0.15, 0.2) is 59.5 Å². The molecule has 0 aliphatic rings. The topological polar surface area (TPSA) is 92.5 Å². The summed E-state index contributed by atoms with van der Waals surface area (Å²) >= 11 is 0. The van der Waals surface area contributed by atoms with Crippen molar-refractivity contribution >= 4 is 15.9 Å². The van der Waals surface area contributed by atoms with E-state index < -0.39 is 10.0 Å². The van der Waals surface area contributed by atoms with E-state index in [0.717, 1.165) is 11.1 Å². The van der Waals surface area contributed by atoms with Crippen LogP contribution < -0.4 is 10.5 Å². The van der Waals surface area contributed by atoms with E-state index >= 15 is 0 Å². The molecule has 0 heterocycles. The number of nitrogens with one attached hydrogen (secondary N) is 1. The first kappa shape index (κ1) is 19.1. The third-order valence-electron chi connectivity index (χ3n) is 3.87. The van der Waals surface area contributed by atoms with Crippen molar-refractivity contribution in [3.63, 3.8) is 0 Å². The first-order valence-electron chi connectivity index (χ1n) is 7.91. The van der Waals surface area contributed by atoms with Gasteiger partial charge in [-0.1, -0.05) is 42.5 Å². The summed E-state index contributed by atoms with van der Waals surface area (Å²) in [4.78, 5) is 14.2. The molecular weight excluding hydrogens is 338 g/mol. The number of hydrogen-bond acceptors (Lipinski definition) is 4. The van der Waals surface area contributed by atoms with Crippen LogP contribution in [0.1, 0.15) is 18.1 Å². The Balaban J connectivity index is 1.88. The van der Waals surface area contributed by atoms with Crippen LogP contribution in [0.2, 0.25) is 0 Å². The largest absolute Gasteiger partial charge is 0.340 e. The summed E-state index contributed by atoms with van der Waals surface area (Å²) in [7, 11) is -1.91. The molecule has 0 saturated heterocycles. The average molecular weight is 361 g/mol. The number of likely N-dealkylation sites (N-methyl/N-ethyl adjacent to an activating group) is 1. The quantitative estimate of drug-likeness (QED) is 0.781. The maximum absolute atomic E-state index is 12.4. The number of sulfonamides is 1. The van der Waals surface area contributed by atoms with Gasteiger partial charge in [0, 0.05) is 20.1 Å². The van der Waals surface area contributed by atoms with Gasteiger partial charge in [0.2, 0.25) is 15.9 Å². The first-order valence-corrected chi connectivity index (χ1v) is 9.46. The molecule has 1 atom stereocenters. The van der Waals surface area contributed by atoms with Gasteiger partial charge in [-0.05, 0) is 30.2 Å². The van der Waals surface area contributed by atoms with Crippen molar-refractivity contribution in [2.45, 2.75) is 31.0 Å². The van der Waals surface area contributed by atoms with E-state index in [0.29, 0.717) is 13.1 Å². The monoisotopic (exact) mass is 361 g/mol. The molecule has 0 spiro atoms. The molecule has 0 radical (unpaired) electrons. The Morgan fingerprint density at radius 2 is 1.68 bits per heavy atom. The molecule has 0 bridgehead atoms. The molecule has 0 fully saturated rings.